The summed E-state index contributed by atoms with van der Waals surface area (Å²) < 4.78 is 9.45. The van der Waals surface area contributed by atoms with Crippen LogP contribution in [0.3, 0.4) is 0 Å². The van der Waals surface area contributed by atoms with E-state index in [1.807, 2.05) is 88.4 Å². The Morgan fingerprint density at radius 1 is 0.604 bits per heavy atom. The molecule has 5 atom stereocenters. The van der Waals surface area contributed by atoms with Crippen LogP contribution in [0.4, 0.5) is 0 Å². The highest BCUT2D eigenvalue weighted by Gasteiger charge is 2.29. The van der Waals surface area contributed by atoms with Crippen LogP contribution >= 0.6 is 0 Å². The monoisotopic (exact) mass is 668 g/mol. The van der Waals surface area contributed by atoms with Crippen molar-refractivity contribution in [2.45, 2.75) is 91.4 Å². The van der Waals surface area contributed by atoms with Crippen LogP contribution in [-0.2, 0) is 51.1 Å². The lowest BCUT2D eigenvalue weighted by molar-refractivity contribution is -0.147. The Bertz CT molecular complexity index is 1320. The summed E-state index contributed by atoms with van der Waals surface area (Å²) in [6.45, 7) is 10.9. The molecule has 48 heavy (non-hydrogen) atoms. The number of hydrogen-bond acceptors (Lipinski definition) is 8. The molecule has 2 aromatic carbocycles. The summed E-state index contributed by atoms with van der Waals surface area (Å²) in [6.07, 6.45) is 1.59. The summed E-state index contributed by atoms with van der Waals surface area (Å²) in [4.78, 5) is 72.0. The molecule has 0 saturated heterocycles. The quantitative estimate of drug-likeness (QED) is 0.198. The molecule has 0 fully saturated rings. The molecule has 0 aliphatic heterocycles. The minimum absolute atomic E-state index is 0.0615. The number of carbonyl (C=O) groups excluding carboxylic acids is 6. The first kappa shape index (κ1) is 41.3. The molecule has 0 aliphatic carbocycles. The molecule has 4 amide bonds. The van der Waals surface area contributed by atoms with Gasteiger partial charge in [0.15, 0.2) is 0 Å². The summed E-state index contributed by atoms with van der Waals surface area (Å²) in [5, 5.41) is 10.6. The lowest BCUT2D eigenvalue weighted by Gasteiger charge is -2.24. The number of rotatable bonds is 16. The van der Waals surface area contributed by atoms with Gasteiger partial charge in [0, 0.05) is 0 Å². The molecule has 12 heteroatoms. The first-order chi connectivity index (χ1) is 22.7. The van der Waals surface area contributed by atoms with E-state index in [1.165, 1.54) is 14.2 Å². The van der Waals surface area contributed by atoms with Crippen molar-refractivity contribution in [3.05, 3.63) is 71.8 Å². The van der Waals surface area contributed by atoms with E-state index in [1.54, 1.807) is 13.8 Å². The zero-order valence-electron chi connectivity index (χ0n) is 29.3. The minimum atomic E-state index is -0.738. The van der Waals surface area contributed by atoms with Crippen LogP contribution in [0.1, 0.15) is 65.5 Å². The molecule has 0 heterocycles. The molecule has 0 unspecified atom stereocenters. The second-order valence-electron chi connectivity index (χ2n) is 12.0. The fraction of sp³-hybridized carbons (Fsp3) is 0.500. The average Bonchev–Trinajstić information content (AvgIpc) is 3.06. The van der Waals surface area contributed by atoms with Gasteiger partial charge >= 0.3 is 11.9 Å². The molecular formula is C36H52N4O8. The van der Waals surface area contributed by atoms with Crippen LogP contribution in [0.2, 0.25) is 0 Å². The maximum Gasteiger partial charge on any atom is 0.328 e. The average molecular weight is 669 g/mol. The smallest absolute Gasteiger partial charge is 0.328 e. The third-order valence-corrected chi connectivity index (χ3v) is 7.43. The summed E-state index contributed by atoms with van der Waals surface area (Å²) in [7, 11) is 2.57. The molecule has 2 aromatic rings. The topological polar surface area (TPSA) is 169 Å². The summed E-state index contributed by atoms with van der Waals surface area (Å²) in [5.41, 5.74) is 1.74. The Balaban J connectivity index is 0.000000480. The number of esters is 2. The molecule has 264 valence electrons. The summed E-state index contributed by atoms with van der Waals surface area (Å²) in [5.74, 6) is -2.13. The van der Waals surface area contributed by atoms with Crippen LogP contribution in [0.5, 0.6) is 0 Å². The molecule has 0 saturated carbocycles. The first-order valence-corrected chi connectivity index (χ1v) is 16.1. The molecule has 0 bridgehead atoms. The second-order valence-corrected chi connectivity index (χ2v) is 12.0. The van der Waals surface area contributed by atoms with Crippen molar-refractivity contribution in [2.24, 2.45) is 11.8 Å². The minimum Gasteiger partial charge on any atom is -0.467 e. The SMILES string of the molecule is CC[C@H](C)[C@H](NC(=O)[C@H](C)NC(=O)Cc1ccccc1)C(=O)OC.COC(=O)[C@H](CC(C)C)NC(=O)[C@H](C)NC(=O)Cc1ccccc1. The van der Waals surface area contributed by atoms with Crippen LogP contribution in [0.25, 0.3) is 0 Å². The van der Waals surface area contributed by atoms with Crippen LogP contribution in [-0.4, -0.2) is 74.0 Å². The van der Waals surface area contributed by atoms with Gasteiger partial charge in [-0.2, -0.15) is 0 Å². The van der Waals surface area contributed by atoms with Gasteiger partial charge in [0.25, 0.3) is 0 Å². The van der Waals surface area contributed by atoms with Crippen molar-refractivity contribution in [1.82, 2.24) is 21.3 Å². The fourth-order valence-corrected chi connectivity index (χ4v) is 4.48. The third kappa shape index (κ3) is 15.7. The lowest BCUT2D eigenvalue weighted by atomic mass is 9.99. The highest BCUT2D eigenvalue weighted by Crippen LogP contribution is 2.10. The number of amides is 4. The van der Waals surface area contributed by atoms with Gasteiger partial charge in [-0.15, -0.1) is 0 Å². The highest BCUT2D eigenvalue weighted by molar-refractivity contribution is 5.91. The molecule has 0 radical (unpaired) electrons. The molecule has 12 nitrogen and oxygen atoms in total. The van der Waals surface area contributed by atoms with Gasteiger partial charge in [-0.25, -0.2) is 9.59 Å². The van der Waals surface area contributed by atoms with Gasteiger partial charge < -0.3 is 30.7 Å². The standard InChI is InChI=1S/2C18H26N2O4/c1-12(2)10-15(18(23)24-4)20-17(22)13(3)19-16(21)11-14-8-6-5-7-9-14;1-5-12(2)16(18(23)24-4)20-17(22)13(3)19-15(21)11-14-9-7-6-8-10-14/h5-9,12-13,15H,10-11H2,1-4H3,(H,19,21)(H,20,22);6-10,12-13,16H,5,11H2,1-4H3,(H,19,21)(H,20,22)/t13-,15-;12-,13-,16-/m00/s1. The van der Waals surface area contributed by atoms with E-state index in [-0.39, 0.29) is 36.5 Å². The van der Waals surface area contributed by atoms with E-state index in [2.05, 4.69) is 21.3 Å². The Morgan fingerprint density at radius 2 is 1.02 bits per heavy atom. The maximum atomic E-state index is 12.2. The maximum absolute atomic E-state index is 12.2. The van der Waals surface area contributed by atoms with Gasteiger partial charge in [-0.3, -0.25) is 19.2 Å². The predicted octanol–water partition coefficient (Wildman–Crippen LogP) is 2.88. The van der Waals surface area contributed by atoms with Crippen LogP contribution in [0.15, 0.2) is 60.7 Å². The van der Waals surface area contributed by atoms with E-state index in [0.717, 1.165) is 17.5 Å². The number of hydrogen-bond donors (Lipinski definition) is 4. The number of nitrogens with one attached hydrogen (secondary N) is 4. The Labute approximate surface area is 284 Å². The normalized spacial score (nSPS) is 13.6. The van der Waals surface area contributed by atoms with Gasteiger partial charge in [0.05, 0.1) is 27.1 Å². The van der Waals surface area contributed by atoms with Crippen molar-refractivity contribution in [2.75, 3.05) is 14.2 Å². The van der Waals surface area contributed by atoms with Crippen molar-refractivity contribution in [3.8, 4) is 0 Å². The van der Waals surface area contributed by atoms with E-state index in [4.69, 9.17) is 9.47 Å². The largest absolute Gasteiger partial charge is 0.467 e. The summed E-state index contributed by atoms with van der Waals surface area (Å²) in [6, 6.07) is 15.6. The van der Waals surface area contributed by atoms with Crippen molar-refractivity contribution in [3.63, 3.8) is 0 Å². The molecule has 0 aliphatic rings. The van der Waals surface area contributed by atoms with E-state index < -0.39 is 47.9 Å². The van der Waals surface area contributed by atoms with Crippen LogP contribution < -0.4 is 21.3 Å². The summed E-state index contributed by atoms with van der Waals surface area (Å²) >= 11 is 0. The number of carbonyl (C=O) groups is 6. The molecular weight excluding hydrogens is 616 g/mol. The number of methoxy groups -OCH3 is 2. The van der Waals surface area contributed by atoms with Crippen molar-refractivity contribution >= 4 is 35.6 Å². The van der Waals surface area contributed by atoms with E-state index in [0.29, 0.717) is 6.42 Å². The van der Waals surface area contributed by atoms with Gasteiger partial charge in [-0.05, 0) is 43.2 Å². The Hall–Kier alpha value is -4.74. The number of benzene rings is 2. The third-order valence-electron chi connectivity index (χ3n) is 7.43. The zero-order valence-corrected chi connectivity index (χ0v) is 29.3. The highest BCUT2D eigenvalue weighted by atomic mass is 16.5. The Kier molecular flexibility index (Phi) is 18.9. The van der Waals surface area contributed by atoms with Crippen molar-refractivity contribution in [1.29, 1.82) is 0 Å². The molecule has 4 N–H and O–H groups in total. The first-order valence-electron chi connectivity index (χ1n) is 16.1. The number of ether oxygens (including phenoxy) is 2. The molecule has 0 spiro atoms. The fourth-order valence-electron chi connectivity index (χ4n) is 4.48. The Morgan fingerprint density at radius 3 is 1.40 bits per heavy atom. The van der Waals surface area contributed by atoms with Gasteiger partial charge in [0.2, 0.25) is 23.6 Å². The van der Waals surface area contributed by atoms with E-state index in [9.17, 15) is 28.8 Å². The molecule has 0 aromatic heterocycles. The molecule has 2 rings (SSSR count). The predicted molar refractivity (Wildman–Crippen MR) is 182 cm³/mol. The van der Waals surface area contributed by atoms with E-state index >= 15 is 0 Å². The second kappa shape index (κ2) is 21.9. The van der Waals surface area contributed by atoms with Crippen molar-refractivity contribution < 1.29 is 38.2 Å². The van der Waals surface area contributed by atoms with Gasteiger partial charge in [-0.1, -0.05) is 94.8 Å². The van der Waals surface area contributed by atoms with Gasteiger partial charge in [0.1, 0.15) is 24.2 Å². The zero-order chi connectivity index (χ0) is 36.2. The van der Waals surface area contributed by atoms with Crippen LogP contribution in [0, 0.1) is 11.8 Å². The lowest BCUT2D eigenvalue weighted by Crippen LogP contribution is -2.52.